The van der Waals surface area contributed by atoms with E-state index in [4.69, 9.17) is 21.4 Å². The minimum absolute atomic E-state index is 0.186. The predicted molar refractivity (Wildman–Crippen MR) is 210 cm³/mol. The van der Waals surface area contributed by atoms with E-state index in [9.17, 15) is 9.59 Å². The van der Waals surface area contributed by atoms with E-state index in [1.165, 1.54) is 0 Å². The lowest BCUT2D eigenvalue weighted by molar-refractivity contribution is 0.101. The molecule has 0 radical (unpaired) electrons. The van der Waals surface area contributed by atoms with Crippen LogP contribution in [0.1, 0.15) is 46.7 Å². The van der Waals surface area contributed by atoms with Crippen LogP contribution in [-0.4, -0.2) is 57.9 Å². The van der Waals surface area contributed by atoms with Gasteiger partial charge >= 0.3 is 0 Å². The number of carbonyl (C=O) groups excluding carboxylic acids is 2. The first kappa shape index (κ1) is 34.2. The number of anilines is 4. The highest BCUT2D eigenvalue weighted by Gasteiger charge is 2.19. The topological polar surface area (TPSA) is 186 Å². The van der Waals surface area contributed by atoms with Gasteiger partial charge in [0.15, 0.2) is 0 Å². The summed E-state index contributed by atoms with van der Waals surface area (Å²) in [5, 5.41) is 16.2. The van der Waals surface area contributed by atoms with E-state index < -0.39 is 11.8 Å². The molecule has 262 valence electrons. The first-order valence-corrected chi connectivity index (χ1v) is 17.5. The first-order valence-electron chi connectivity index (χ1n) is 17.5. The minimum atomic E-state index is -0.404. The van der Waals surface area contributed by atoms with Gasteiger partial charge in [0.1, 0.15) is 11.4 Å². The number of nitrogens with zero attached hydrogens (tertiary/aromatic N) is 4. The summed E-state index contributed by atoms with van der Waals surface area (Å²) in [4.78, 5) is 46.4. The maximum atomic E-state index is 13.8. The van der Waals surface area contributed by atoms with Crippen molar-refractivity contribution in [3.63, 3.8) is 0 Å². The third-order valence-electron chi connectivity index (χ3n) is 8.81. The molecule has 0 aliphatic heterocycles. The second-order valence-corrected chi connectivity index (χ2v) is 12.6. The van der Waals surface area contributed by atoms with Crippen LogP contribution in [0.25, 0.3) is 43.6 Å². The highest BCUT2D eigenvalue weighted by Crippen LogP contribution is 2.34. The van der Waals surface area contributed by atoms with Gasteiger partial charge < -0.3 is 32.7 Å². The van der Waals surface area contributed by atoms with Crippen molar-refractivity contribution in [2.24, 2.45) is 11.5 Å². The molecule has 0 saturated carbocycles. The van der Waals surface area contributed by atoms with E-state index >= 15 is 0 Å². The molecule has 3 aromatic carbocycles. The second-order valence-electron chi connectivity index (χ2n) is 12.6. The number of fused-ring (bicyclic) bond motifs is 5. The molecule has 0 spiro atoms. The molecule has 0 unspecified atom stereocenters. The van der Waals surface area contributed by atoms with Crippen LogP contribution in [0, 0.1) is 0 Å². The van der Waals surface area contributed by atoms with Crippen molar-refractivity contribution in [3.8, 4) is 0 Å². The van der Waals surface area contributed by atoms with E-state index in [0.717, 1.165) is 69.6 Å². The Bertz CT molecular complexity index is 2250. The number of aromatic nitrogens is 4. The summed E-state index contributed by atoms with van der Waals surface area (Å²) in [6.45, 7) is 2.46. The lowest BCUT2D eigenvalue weighted by Gasteiger charge is -2.16. The number of pyridine rings is 4. The van der Waals surface area contributed by atoms with Gasteiger partial charge in [0.05, 0.1) is 45.8 Å². The molecule has 12 nitrogen and oxygen atoms in total. The van der Waals surface area contributed by atoms with Gasteiger partial charge in [-0.2, -0.15) is 0 Å². The minimum Gasteiger partial charge on any atom is -0.384 e. The van der Waals surface area contributed by atoms with Gasteiger partial charge in [-0.3, -0.25) is 19.6 Å². The Morgan fingerprint density at radius 2 is 1.00 bits per heavy atom. The number of nitrogens with two attached hydrogens (primary N) is 2. The summed E-state index contributed by atoms with van der Waals surface area (Å²) in [5.41, 5.74) is 17.0. The number of rotatable bonds is 14. The molecule has 7 aromatic rings. The molecule has 7 rings (SSSR count). The van der Waals surface area contributed by atoms with Crippen LogP contribution in [-0.2, 0) is 0 Å². The fourth-order valence-electron chi connectivity index (χ4n) is 6.15. The van der Waals surface area contributed by atoms with Gasteiger partial charge in [-0.25, -0.2) is 9.97 Å². The van der Waals surface area contributed by atoms with E-state index in [1.54, 1.807) is 24.5 Å². The van der Waals surface area contributed by atoms with Crippen molar-refractivity contribution in [2.45, 2.75) is 25.7 Å². The van der Waals surface area contributed by atoms with Crippen LogP contribution in [0.5, 0.6) is 0 Å². The first-order chi connectivity index (χ1) is 25.5. The monoisotopic (exact) mass is 692 g/mol. The smallest absolute Gasteiger partial charge is 0.274 e. The number of amides is 2. The molecule has 0 aliphatic carbocycles. The highest BCUT2D eigenvalue weighted by atomic mass is 16.2. The SMILES string of the molecule is NCCCCNc1cc(C(=O)Nc2cnc3ccccc3c2)nc2c1ccc1c(NCCCCN)cc(C(=O)Nc3cnc4ccccc4c3)nc12. The lowest BCUT2D eigenvalue weighted by Crippen LogP contribution is -2.16. The zero-order valence-electron chi connectivity index (χ0n) is 28.7. The Kier molecular flexibility index (Phi) is 10.4. The number of carbonyl (C=O) groups is 2. The maximum Gasteiger partial charge on any atom is 0.274 e. The summed E-state index contributed by atoms with van der Waals surface area (Å²) in [5.74, 6) is -0.808. The number of para-hydroxylation sites is 2. The van der Waals surface area contributed by atoms with Gasteiger partial charge in [-0.15, -0.1) is 0 Å². The quantitative estimate of drug-likeness (QED) is 0.0530. The number of hydrogen-bond acceptors (Lipinski definition) is 10. The Balaban J connectivity index is 1.31. The molecule has 12 heteroatoms. The van der Waals surface area contributed by atoms with E-state index in [0.29, 0.717) is 48.6 Å². The van der Waals surface area contributed by atoms with Crippen molar-refractivity contribution in [1.29, 1.82) is 0 Å². The molecular weight excluding hydrogens is 653 g/mol. The van der Waals surface area contributed by atoms with E-state index in [-0.39, 0.29) is 11.4 Å². The summed E-state index contributed by atoms with van der Waals surface area (Å²) >= 11 is 0. The molecular formula is C40H40N10O2. The molecule has 4 aromatic heterocycles. The van der Waals surface area contributed by atoms with Gasteiger partial charge in [0.2, 0.25) is 0 Å². The van der Waals surface area contributed by atoms with Crippen LogP contribution >= 0.6 is 0 Å². The number of benzene rings is 3. The molecule has 0 aliphatic rings. The van der Waals surface area contributed by atoms with Gasteiger partial charge in [-0.05, 0) is 87.3 Å². The normalized spacial score (nSPS) is 11.3. The average Bonchev–Trinajstić information content (AvgIpc) is 3.17. The largest absolute Gasteiger partial charge is 0.384 e. The van der Waals surface area contributed by atoms with Crippen molar-refractivity contribution in [1.82, 2.24) is 19.9 Å². The standard InChI is InChI=1S/C40H40N10O2/c41-15-5-7-17-43-33-21-35(39(51)47-27-19-25-9-1-3-11-31(25)45-23-27)49-37-29(33)13-14-30-34(44-18-8-6-16-42)22-36(50-38(30)37)40(52)48-28-20-26-10-2-4-12-32(26)46-24-28/h1-4,9-14,19-24H,5-8,15-18,41-42H2,(H,43,49)(H,44,50)(H,47,51)(H,48,52). The summed E-state index contributed by atoms with van der Waals surface area (Å²) in [6, 6.07) is 26.6. The van der Waals surface area contributed by atoms with Crippen LogP contribution in [0.2, 0.25) is 0 Å². The summed E-state index contributed by atoms with van der Waals surface area (Å²) in [7, 11) is 0. The Hall–Kier alpha value is -6.24. The molecule has 8 N–H and O–H groups in total. The van der Waals surface area contributed by atoms with Crippen molar-refractivity contribution < 1.29 is 9.59 Å². The third-order valence-corrected chi connectivity index (χ3v) is 8.81. The predicted octanol–water partition coefficient (Wildman–Crippen LogP) is 6.69. The molecule has 2 amide bonds. The van der Waals surface area contributed by atoms with Gasteiger partial charge in [-0.1, -0.05) is 36.4 Å². The lowest BCUT2D eigenvalue weighted by atomic mass is 10.1. The van der Waals surface area contributed by atoms with Gasteiger partial charge in [0.25, 0.3) is 11.8 Å². The van der Waals surface area contributed by atoms with Crippen LogP contribution in [0.3, 0.4) is 0 Å². The molecule has 0 atom stereocenters. The van der Waals surface area contributed by atoms with Gasteiger partial charge in [0, 0.05) is 46.0 Å². The Morgan fingerprint density at radius 1 is 0.558 bits per heavy atom. The van der Waals surface area contributed by atoms with Crippen molar-refractivity contribution in [2.75, 3.05) is 47.4 Å². The second kappa shape index (κ2) is 15.8. The van der Waals surface area contributed by atoms with E-state index in [2.05, 4.69) is 31.2 Å². The number of unbranched alkanes of at least 4 members (excludes halogenated alkanes) is 2. The molecule has 0 fully saturated rings. The third kappa shape index (κ3) is 7.58. The molecule has 0 bridgehead atoms. The molecule has 52 heavy (non-hydrogen) atoms. The zero-order chi connectivity index (χ0) is 35.9. The van der Waals surface area contributed by atoms with Crippen molar-refractivity contribution in [3.05, 3.63) is 109 Å². The highest BCUT2D eigenvalue weighted by molar-refractivity contribution is 6.15. The van der Waals surface area contributed by atoms with E-state index in [1.807, 2.05) is 72.8 Å². The number of nitrogens with one attached hydrogen (secondary N) is 4. The molecule has 4 heterocycles. The van der Waals surface area contributed by atoms with Crippen LogP contribution < -0.4 is 32.7 Å². The summed E-state index contributed by atoms with van der Waals surface area (Å²) < 4.78 is 0. The van der Waals surface area contributed by atoms with Crippen LogP contribution in [0.15, 0.2) is 97.3 Å². The number of hydrogen-bond donors (Lipinski definition) is 6. The Labute approximate surface area is 300 Å². The fraction of sp³-hybridized carbons (Fsp3) is 0.200. The maximum absolute atomic E-state index is 13.8. The Morgan fingerprint density at radius 3 is 1.44 bits per heavy atom. The van der Waals surface area contributed by atoms with Crippen LogP contribution in [0.4, 0.5) is 22.7 Å². The average molecular weight is 693 g/mol. The van der Waals surface area contributed by atoms with Crippen molar-refractivity contribution >= 4 is 78.2 Å². The zero-order valence-corrected chi connectivity index (χ0v) is 28.7. The molecule has 0 saturated heterocycles. The summed E-state index contributed by atoms with van der Waals surface area (Å²) in [6.07, 6.45) is 6.66. The fourth-order valence-corrected chi connectivity index (χ4v) is 6.15.